The highest BCUT2D eigenvalue weighted by molar-refractivity contribution is 7.98. The summed E-state index contributed by atoms with van der Waals surface area (Å²) in [5.41, 5.74) is 6.58. The first-order valence-corrected chi connectivity index (χ1v) is 13.5. The number of ketones is 1. The fourth-order valence-corrected chi connectivity index (χ4v) is 5.68. The van der Waals surface area contributed by atoms with Crippen molar-refractivity contribution in [1.29, 1.82) is 5.41 Å². The molecule has 5 heteroatoms. The van der Waals surface area contributed by atoms with E-state index in [2.05, 4.69) is 0 Å². The second-order valence-corrected chi connectivity index (χ2v) is 10.3. The molecule has 0 amide bonds. The third kappa shape index (κ3) is 4.18. The normalized spacial score (nSPS) is 19.4. The minimum Gasteiger partial charge on any atom is -0.507 e. The van der Waals surface area contributed by atoms with Gasteiger partial charge in [-0.25, -0.2) is 0 Å². The predicted molar refractivity (Wildman–Crippen MR) is 149 cm³/mol. The summed E-state index contributed by atoms with van der Waals surface area (Å²) in [4.78, 5) is 16.6. The SMILES string of the molecule is CSc1ccc([C@H]2C3=C(CCCC3=O)N(c3ccccc3C)C(=N)/C2=C(/O)c2ccc(C)cc2)cc1. The van der Waals surface area contributed by atoms with Gasteiger partial charge in [-0.15, -0.1) is 11.8 Å². The average Bonchev–Trinajstić information content (AvgIpc) is 2.89. The molecule has 1 heterocycles. The first kappa shape index (κ1) is 24.1. The highest BCUT2D eigenvalue weighted by atomic mass is 32.2. The van der Waals surface area contributed by atoms with Gasteiger partial charge in [-0.05, 0) is 62.3 Å². The number of aliphatic hydroxyl groups is 1. The lowest BCUT2D eigenvalue weighted by Crippen LogP contribution is -2.42. The number of hydrogen-bond donors (Lipinski definition) is 2. The number of Topliss-reactive ketones (excluding diaryl/α,β-unsaturated/α-hetero) is 1. The van der Waals surface area contributed by atoms with Crippen molar-refractivity contribution < 1.29 is 9.90 Å². The van der Waals surface area contributed by atoms with Crippen LogP contribution in [0.15, 0.2) is 94.5 Å². The Morgan fingerprint density at radius 3 is 2.33 bits per heavy atom. The molecule has 182 valence electrons. The molecule has 4 nitrogen and oxygen atoms in total. The maximum Gasteiger partial charge on any atom is 0.161 e. The minimum absolute atomic E-state index is 0.0439. The quantitative estimate of drug-likeness (QED) is 0.290. The number of anilines is 1. The van der Waals surface area contributed by atoms with Crippen molar-refractivity contribution in [2.24, 2.45) is 0 Å². The zero-order valence-corrected chi connectivity index (χ0v) is 21.7. The molecule has 5 rings (SSSR count). The summed E-state index contributed by atoms with van der Waals surface area (Å²) in [6.07, 6.45) is 3.99. The lowest BCUT2D eigenvalue weighted by atomic mass is 9.73. The van der Waals surface area contributed by atoms with Gasteiger partial charge < -0.3 is 5.11 Å². The van der Waals surface area contributed by atoms with Crippen molar-refractivity contribution in [2.75, 3.05) is 11.2 Å². The molecule has 36 heavy (non-hydrogen) atoms. The van der Waals surface area contributed by atoms with Crippen LogP contribution in [-0.2, 0) is 4.79 Å². The molecular weight excluding hydrogens is 464 g/mol. The number of rotatable bonds is 4. The monoisotopic (exact) mass is 494 g/mol. The summed E-state index contributed by atoms with van der Waals surface area (Å²) in [6, 6.07) is 23.8. The molecule has 3 aromatic carbocycles. The molecule has 0 fully saturated rings. The first-order chi connectivity index (χ1) is 17.4. The zero-order valence-electron chi connectivity index (χ0n) is 20.8. The molecule has 0 saturated heterocycles. The maximum absolute atomic E-state index is 13.6. The van der Waals surface area contributed by atoms with Gasteiger partial charge >= 0.3 is 0 Å². The van der Waals surface area contributed by atoms with Gasteiger partial charge in [0.25, 0.3) is 0 Å². The van der Waals surface area contributed by atoms with E-state index in [0.29, 0.717) is 23.1 Å². The van der Waals surface area contributed by atoms with Crippen molar-refractivity contribution in [1.82, 2.24) is 0 Å². The van der Waals surface area contributed by atoms with Crippen molar-refractivity contribution in [3.8, 4) is 0 Å². The Morgan fingerprint density at radius 1 is 0.972 bits per heavy atom. The fourth-order valence-electron chi connectivity index (χ4n) is 5.27. The molecule has 1 aliphatic carbocycles. The van der Waals surface area contributed by atoms with Gasteiger partial charge in [-0.3, -0.25) is 15.1 Å². The van der Waals surface area contributed by atoms with E-state index in [-0.39, 0.29) is 17.4 Å². The summed E-state index contributed by atoms with van der Waals surface area (Å²) < 4.78 is 0. The molecule has 0 saturated carbocycles. The number of carbonyl (C=O) groups is 1. The molecule has 0 radical (unpaired) electrons. The molecule has 0 unspecified atom stereocenters. The van der Waals surface area contributed by atoms with Crippen LogP contribution in [0.5, 0.6) is 0 Å². The van der Waals surface area contributed by atoms with Gasteiger partial charge in [0, 0.05) is 39.6 Å². The van der Waals surface area contributed by atoms with Crippen LogP contribution in [0, 0.1) is 19.3 Å². The standard InChI is InChI=1S/C31H30N2O2S/c1-19-11-13-22(14-12-19)30(35)29-27(21-15-17-23(36-3)18-16-21)28-25(9-6-10-26(28)34)33(31(29)32)24-8-5-4-7-20(24)2/h4-5,7-8,11-18,27,32,35H,6,9-10H2,1-3H3/b30-29+,32-31?/t27-/m0/s1. The van der Waals surface area contributed by atoms with Gasteiger partial charge in [0.2, 0.25) is 0 Å². The molecule has 2 aliphatic rings. The van der Waals surface area contributed by atoms with E-state index in [4.69, 9.17) is 0 Å². The summed E-state index contributed by atoms with van der Waals surface area (Å²) in [5.74, 6) is -0.148. The highest BCUT2D eigenvalue weighted by Gasteiger charge is 2.43. The number of carbonyl (C=O) groups excluding carboxylic acids is 1. The second-order valence-electron chi connectivity index (χ2n) is 9.44. The Labute approximate surface area is 216 Å². The predicted octanol–water partition coefficient (Wildman–Crippen LogP) is 7.58. The summed E-state index contributed by atoms with van der Waals surface area (Å²) in [7, 11) is 0. The number of aryl methyl sites for hydroxylation is 2. The molecule has 0 aromatic heterocycles. The number of benzene rings is 3. The van der Waals surface area contributed by atoms with E-state index in [1.165, 1.54) is 0 Å². The number of allylic oxidation sites excluding steroid dienone is 2. The van der Waals surface area contributed by atoms with Gasteiger partial charge in [-0.1, -0.05) is 60.2 Å². The third-order valence-electron chi connectivity index (χ3n) is 7.14. The summed E-state index contributed by atoms with van der Waals surface area (Å²) in [5, 5.41) is 21.2. The van der Waals surface area contributed by atoms with Gasteiger partial charge in [-0.2, -0.15) is 0 Å². The number of thioether (sulfide) groups is 1. The second kappa shape index (κ2) is 9.82. The van der Waals surface area contributed by atoms with Gasteiger partial charge in [0.1, 0.15) is 11.6 Å². The average molecular weight is 495 g/mol. The van der Waals surface area contributed by atoms with Gasteiger partial charge in [0.05, 0.1) is 5.69 Å². The molecule has 0 bridgehead atoms. The molecule has 1 atom stereocenters. The van der Waals surface area contributed by atoms with Crippen LogP contribution in [0.3, 0.4) is 0 Å². The van der Waals surface area contributed by atoms with Crippen LogP contribution in [0.2, 0.25) is 0 Å². The smallest absolute Gasteiger partial charge is 0.161 e. The zero-order chi connectivity index (χ0) is 25.4. The van der Waals surface area contributed by atoms with Gasteiger partial charge in [0.15, 0.2) is 5.78 Å². The minimum atomic E-state index is -0.502. The van der Waals surface area contributed by atoms with E-state index in [0.717, 1.165) is 45.8 Å². The summed E-state index contributed by atoms with van der Waals surface area (Å²) in [6.45, 7) is 4.02. The van der Waals surface area contributed by atoms with Crippen LogP contribution in [0.4, 0.5) is 5.69 Å². The number of amidine groups is 1. The molecule has 2 N–H and O–H groups in total. The third-order valence-corrected chi connectivity index (χ3v) is 7.88. The topological polar surface area (TPSA) is 64.4 Å². The van der Waals surface area contributed by atoms with Crippen molar-refractivity contribution in [3.05, 3.63) is 112 Å². The maximum atomic E-state index is 13.6. The van der Waals surface area contributed by atoms with E-state index >= 15 is 0 Å². The number of nitrogens with zero attached hydrogens (tertiary/aromatic N) is 1. The van der Waals surface area contributed by atoms with Crippen LogP contribution < -0.4 is 4.90 Å². The van der Waals surface area contributed by atoms with Crippen LogP contribution in [-0.4, -0.2) is 23.0 Å². The number of hydrogen-bond acceptors (Lipinski definition) is 4. The number of para-hydroxylation sites is 1. The Balaban J connectivity index is 1.82. The number of aliphatic hydroxyl groups excluding tert-OH is 1. The molecule has 0 spiro atoms. The largest absolute Gasteiger partial charge is 0.507 e. The van der Waals surface area contributed by atoms with Crippen LogP contribution in [0.25, 0.3) is 5.76 Å². The van der Waals surface area contributed by atoms with E-state index in [1.54, 1.807) is 11.8 Å². The summed E-state index contributed by atoms with van der Waals surface area (Å²) >= 11 is 1.66. The van der Waals surface area contributed by atoms with Crippen molar-refractivity contribution in [3.63, 3.8) is 0 Å². The highest BCUT2D eigenvalue weighted by Crippen LogP contribution is 2.48. The Hall–Kier alpha value is -3.57. The number of nitrogens with one attached hydrogen (secondary N) is 1. The Morgan fingerprint density at radius 2 is 1.67 bits per heavy atom. The van der Waals surface area contributed by atoms with Crippen molar-refractivity contribution >= 4 is 34.8 Å². The Kier molecular flexibility index (Phi) is 6.59. The van der Waals surface area contributed by atoms with Crippen LogP contribution in [0.1, 0.15) is 47.4 Å². The molecule has 3 aromatic rings. The molecule has 1 aliphatic heterocycles. The first-order valence-electron chi connectivity index (χ1n) is 12.3. The Bertz CT molecular complexity index is 1400. The van der Waals surface area contributed by atoms with E-state index in [1.807, 2.05) is 97.8 Å². The van der Waals surface area contributed by atoms with E-state index in [9.17, 15) is 15.3 Å². The van der Waals surface area contributed by atoms with Crippen molar-refractivity contribution in [2.45, 2.75) is 43.9 Å². The molecular formula is C31H30N2O2S. The van der Waals surface area contributed by atoms with E-state index < -0.39 is 5.92 Å². The lowest BCUT2D eigenvalue weighted by Gasteiger charge is -2.42. The van der Waals surface area contributed by atoms with Crippen LogP contribution >= 0.6 is 11.8 Å². The lowest BCUT2D eigenvalue weighted by molar-refractivity contribution is -0.116. The fraction of sp³-hybridized carbons (Fsp3) is 0.226.